The number of hydrogen-bond acceptors (Lipinski definition) is 7. The third kappa shape index (κ3) is 5.45. The van der Waals surface area contributed by atoms with Gasteiger partial charge in [-0.05, 0) is 31.1 Å². The van der Waals surface area contributed by atoms with E-state index in [1.54, 1.807) is 6.20 Å². The number of carbonyl (C=O) groups excluding carboxylic acids is 2. The average Bonchev–Trinajstić information content (AvgIpc) is 3.24. The van der Waals surface area contributed by atoms with Gasteiger partial charge in [0.1, 0.15) is 12.1 Å². The van der Waals surface area contributed by atoms with Crippen LogP contribution in [0.1, 0.15) is 46.0 Å². The first kappa shape index (κ1) is 21.1. The van der Waals surface area contributed by atoms with Crippen molar-refractivity contribution in [1.29, 1.82) is 0 Å². The minimum atomic E-state index is -1.63. The van der Waals surface area contributed by atoms with Crippen LogP contribution in [0.25, 0.3) is 0 Å². The number of nitrogens with zero attached hydrogens (tertiary/aromatic N) is 2. The van der Waals surface area contributed by atoms with E-state index >= 15 is 0 Å². The van der Waals surface area contributed by atoms with Crippen LogP contribution in [0.2, 0.25) is 0 Å². The zero-order valence-corrected chi connectivity index (χ0v) is 17.2. The first-order valence-electron chi connectivity index (χ1n) is 9.98. The minimum absolute atomic E-state index is 0.174. The van der Waals surface area contributed by atoms with Crippen LogP contribution in [0, 0.1) is 11.8 Å². The summed E-state index contributed by atoms with van der Waals surface area (Å²) in [4.78, 5) is 31.8. The van der Waals surface area contributed by atoms with E-state index in [9.17, 15) is 19.6 Å². The molecule has 10 heteroatoms. The van der Waals surface area contributed by atoms with E-state index in [1.165, 1.54) is 11.3 Å². The monoisotopic (exact) mass is 408 g/mol. The van der Waals surface area contributed by atoms with Crippen molar-refractivity contribution in [1.82, 2.24) is 15.6 Å². The smallest absolute Gasteiger partial charge is 0.426 e. The third-order valence-corrected chi connectivity index (χ3v) is 6.11. The van der Waals surface area contributed by atoms with Crippen LogP contribution in [0.4, 0.5) is 5.13 Å². The Morgan fingerprint density at radius 2 is 2.07 bits per heavy atom. The Morgan fingerprint density at radius 1 is 1.32 bits per heavy atom. The summed E-state index contributed by atoms with van der Waals surface area (Å²) in [5.41, 5.74) is 0. The zero-order valence-electron chi connectivity index (χ0n) is 16.4. The summed E-state index contributed by atoms with van der Waals surface area (Å²) >= 11 is 1.49. The lowest BCUT2D eigenvalue weighted by atomic mass is 9.75. The van der Waals surface area contributed by atoms with Crippen LogP contribution < -0.4 is 15.5 Å². The van der Waals surface area contributed by atoms with Gasteiger partial charge in [0.05, 0.1) is 5.94 Å². The Balaban J connectivity index is 1.61. The molecule has 1 aliphatic heterocycles. The molecule has 2 fully saturated rings. The molecule has 4 N–H and O–H groups in total. The highest BCUT2D eigenvalue weighted by Crippen LogP contribution is 2.34. The van der Waals surface area contributed by atoms with Gasteiger partial charge in [0, 0.05) is 18.1 Å². The molecule has 1 saturated carbocycles. The fourth-order valence-corrected chi connectivity index (χ4v) is 4.20. The molecule has 2 amide bonds. The molecule has 0 radical (unpaired) electrons. The van der Waals surface area contributed by atoms with E-state index in [2.05, 4.69) is 15.6 Å². The number of amides is 2. The number of thiazole rings is 1. The molecule has 0 unspecified atom stereocenters. The molecule has 3 atom stereocenters. The van der Waals surface area contributed by atoms with Gasteiger partial charge in [0.2, 0.25) is 11.8 Å². The van der Waals surface area contributed by atoms with Crippen molar-refractivity contribution in [2.45, 2.75) is 64.0 Å². The third-order valence-electron chi connectivity index (χ3n) is 5.30. The molecule has 1 aromatic rings. The van der Waals surface area contributed by atoms with Crippen molar-refractivity contribution in [3.63, 3.8) is 0 Å². The molecule has 2 heterocycles. The van der Waals surface area contributed by atoms with Crippen LogP contribution in [0.3, 0.4) is 0 Å². The summed E-state index contributed by atoms with van der Waals surface area (Å²) in [5, 5.41) is 27.5. The molecule has 1 aliphatic carbocycles. The molecule has 8 nitrogen and oxygen atoms in total. The summed E-state index contributed by atoms with van der Waals surface area (Å²) in [7, 11) is -1.63. The number of carbonyl (C=O) groups is 2. The summed E-state index contributed by atoms with van der Waals surface area (Å²) in [6.07, 6.45) is 5.60. The van der Waals surface area contributed by atoms with Crippen LogP contribution in [0.15, 0.2) is 11.6 Å². The van der Waals surface area contributed by atoms with Crippen molar-refractivity contribution < 1.29 is 19.6 Å². The quantitative estimate of drug-likeness (QED) is 0.421. The van der Waals surface area contributed by atoms with Crippen molar-refractivity contribution >= 4 is 35.4 Å². The summed E-state index contributed by atoms with van der Waals surface area (Å²) in [6, 6.07) is -0.970. The summed E-state index contributed by atoms with van der Waals surface area (Å²) in [5.74, 6) is -0.631. The van der Waals surface area contributed by atoms with Crippen molar-refractivity contribution in [2.24, 2.45) is 11.8 Å². The van der Waals surface area contributed by atoms with Gasteiger partial charge in [0.15, 0.2) is 5.13 Å². The number of hydrogen-bond donors (Lipinski definition) is 4. The molecule has 1 saturated heterocycles. The van der Waals surface area contributed by atoms with Gasteiger partial charge in [-0.25, -0.2) is 4.98 Å². The molecule has 3 rings (SSSR count). The lowest BCUT2D eigenvalue weighted by molar-refractivity contribution is -0.130. The van der Waals surface area contributed by atoms with E-state index < -0.39 is 19.1 Å². The van der Waals surface area contributed by atoms with Crippen molar-refractivity contribution in [3.05, 3.63) is 11.6 Å². The Kier molecular flexibility index (Phi) is 6.95. The van der Waals surface area contributed by atoms with Crippen molar-refractivity contribution in [2.75, 3.05) is 11.4 Å². The van der Waals surface area contributed by atoms with Gasteiger partial charge >= 0.3 is 7.12 Å². The second kappa shape index (κ2) is 9.24. The van der Waals surface area contributed by atoms with Gasteiger partial charge in [-0.2, -0.15) is 0 Å². The van der Waals surface area contributed by atoms with Crippen molar-refractivity contribution in [3.8, 4) is 0 Å². The highest BCUT2D eigenvalue weighted by Gasteiger charge is 2.39. The highest BCUT2D eigenvalue weighted by atomic mass is 32.1. The maximum absolute atomic E-state index is 12.8. The lowest BCUT2D eigenvalue weighted by Gasteiger charge is -2.40. The maximum atomic E-state index is 12.8. The summed E-state index contributed by atoms with van der Waals surface area (Å²) in [6.45, 7) is 4.68. The van der Waals surface area contributed by atoms with Crippen LogP contribution in [-0.2, 0) is 9.59 Å². The highest BCUT2D eigenvalue weighted by molar-refractivity contribution is 7.13. The Hall–Kier alpha value is -1.65. The second-order valence-corrected chi connectivity index (χ2v) is 9.08. The van der Waals surface area contributed by atoms with E-state index in [1.807, 2.05) is 24.1 Å². The molecule has 28 heavy (non-hydrogen) atoms. The molecule has 1 aromatic heterocycles. The van der Waals surface area contributed by atoms with Crippen LogP contribution >= 0.6 is 11.3 Å². The topological polar surface area (TPSA) is 115 Å². The normalized spacial score (nSPS) is 21.0. The van der Waals surface area contributed by atoms with Gasteiger partial charge < -0.3 is 25.6 Å². The van der Waals surface area contributed by atoms with Gasteiger partial charge in [0.25, 0.3) is 0 Å². The number of anilines is 1. The maximum Gasteiger partial charge on any atom is 0.475 e. The van der Waals surface area contributed by atoms with Crippen LogP contribution in [-0.4, -0.2) is 58.5 Å². The lowest BCUT2D eigenvalue weighted by Crippen LogP contribution is -2.61. The Labute approximate surface area is 169 Å². The van der Waals surface area contributed by atoms with Gasteiger partial charge in [-0.15, -0.1) is 11.3 Å². The second-order valence-electron chi connectivity index (χ2n) is 8.21. The van der Waals surface area contributed by atoms with Gasteiger partial charge in [-0.1, -0.05) is 26.7 Å². The number of rotatable bonds is 10. The average molecular weight is 408 g/mol. The molecule has 0 aromatic carbocycles. The molecule has 2 aliphatic rings. The number of nitrogens with one attached hydrogen (secondary N) is 2. The predicted octanol–water partition coefficient (Wildman–Crippen LogP) is 0.550. The first-order valence-corrected chi connectivity index (χ1v) is 10.9. The molecular weight excluding hydrogens is 379 g/mol. The standard InChI is InChI=1S/C18H29BN4O4S/c1-11(2)9-15(19(26)27)22-16(24)13(10-12-3-4-12)21-17(25)14-5-7-23(14)18-20-6-8-28-18/h6,8,11-15,26-27H,3-5,7,9-10H2,1-2H3,(H,21,25)(H,22,24)/t13-,14-,15+/m0/s1. The summed E-state index contributed by atoms with van der Waals surface area (Å²) < 4.78 is 0. The fraction of sp³-hybridized carbons (Fsp3) is 0.722. The predicted molar refractivity (Wildman–Crippen MR) is 109 cm³/mol. The van der Waals surface area contributed by atoms with Gasteiger partial charge in [-0.3, -0.25) is 9.59 Å². The minimum Gasteiger partial charge on any atom is -0.426 e. The number of aromatic nitrogens is 1. The molecule has 0 spiro atoms. The SMILES string of the molecule is CC(C)C[C@@H](NC(=O)[C@H](CC1CC1)NC(=O)[C@@H]1CCN1c1nccs1)B(O)O. The largest absolute Gasteiger partial charge is 0.475 e. The van der Waals surface area contributed by atoms with E-state index in [0.29, 0.717) is 18.8 Å². The Morgan fingerprint density at radius 3 is 2.57 bits per heavy atom. The van der Waals surface area contributed by atoms with Crippen LogP contribution in [0.5, 0.6) is 0 Å². The molecule has 0 bridgehead atoms. The zero-order chi connectivity index (χ0) is 20.3. The van der Waals surface area contributed by atoms with E-state index in [4.69, 9.17) is 0 Å². The van der Waals surface area contributed by atoms with E-state index in [0.717, 1.165) is 30.9 Å². The fourth-order valence-electron chi connectivity index (χ4n) is 3.48. The molecular formula is C18H29BN4O4S. The first-order chi connectivity index (χ1) is 13.3. The molecule has 154 valence electrons. The Bertz CT molecular complexity index is 669. The van der Waals surface area contributed by atoms with E-state index in [-0.39, 0.29) is 23.8 Å².